The fraction of sp³-hybridized carbons (Fsp3) is 0.462. The first-order chi connectivity index (χ1) is 8.06. The summed E-state index contributed by atoms with van der Waals surface area (Å²) in [7, 11) is 3.85. The highest BCUT2D eigenvalue weighted by Gasteiger charge is 2.20. The quantitative estimate of drug-likeness (QED) is 0.758. The predicted molar refractivity (Wildman–Crippen MR) is 69.1 cm³/mol. The molecule has 0 spiro atoms. The van der Waals surface area contributed by atoms with Gasteiger partial charge in [-0.25, -0.2) is 0 Å². The van der Waals surface area contributed by atoms with Crippen LogP contribution in [0.1, 0.15) is 24.9 Å². The van der Waals surface area contributed by atoms with Crippen LogP contribution in [-0.4, -0.2) is 31.6 Å². The number of hydrogen-bond acceptors (Lipinski definition) is 3. The summed E-state index contributed by atoms with van der Waals surface area (Å²) in [5, 5.41) is 0.676. The van der Waals surface area contributed by atoms with Gasteiger partial charge in [0.15, 0.2) is 0 Å². The third-order valence-electron chi connectivity index (χ3n) is 2.55. The Labute approximate surface area is 107 Å². The van der Waals surface area contributed by atoms with E-state index < -0.39 is 0 Å². The van der Waals surface area contributed by atoms with E-state index in [1.807, 2.05) is 43.3 Å². The Morgan fingerprint density at radius 3 is 2.59 bits per heavy atom. The second kappa shape index (κ2) is 6.62. The van der Waals surface area contributed by atoms with Crippen LogP contribution in [0, 0.1) is 0 Å². The Bertz CT molecular complexity index is 379. The van der Waals surface area contributed by atoms with Crippen molar-refractivity contribution in [3.8, 4) is 0 Å². The van der Waals surface area contributed by atoms with Crippen molar-refractivity contribution >= 4 is 17.6 Å². The molecule has 0 fully saturated rings. The molecule has 1 aromatic rings. The van der Waals surface area contributed by atoms with Crippen LogP contribution in [0.2, 0.25) is 5.02 Å². The second-order valence-corrected chi connectivity index (χ2v) is 4.42. The van der Waals surface area contributed by atoms with Gasteiger partial charge >= 0.3 is 5.97 Å². The summed E-state index contributed by atoms with van der Waals surface area (Å²) in [6, 6.07) is 7.51. The van der Waals surface area contributed by atoms with E-state index in [1.54, 1.807) is 6.92 Å². The van der Waals surface area contributed by atoms with Crippen LogP contribution in [0.25, 0.3) is 0 Å². The monoisotopic (exact) mass is 255 g/mol. The molecule has 0 N–H and O–H groups in total. The van der Waals surface area contributed by atoms with Gasteiger partial charge in [0.1, 0.15) is 0 Å². The van der Waals surface area contributed by atoms with E-state index in [4.69, 9.17) is 16.3 Å². The lowest BCUT2D eigenvalue weighted by Gasteiger charge is -2.24. The summed E-state index contributed by atoms with van der Waals surface area (Å²) in [6.45, 7) is 2.21. The maximum Gasteiger partial charge on any atom is 0.307 e. The van der Waals surface area contributed by atoms with Crippen LogP contribution in [-0.2, 0) is 9.53 Å². The van der Waals surface area contributed by atoms with Gasteiger partial charge in [-0.1, -0.05) is 29.8 Å². The zero-order chi connectivity index (χ0) is 12.8. The number of halogens is 1. The van der Waals surface area contributed by atoms with Gasteiger partial charge in [0.2, 0.25) is 0 Å². The topological polar surface area (TPSA) is 29.5 Å². The fourth-order valence-corrected chi connectivity index (χ4v) is 1.96. The third-order valence-corrected chi connectivity index (χ3v) is 2.90. The molecule has 0 aliphatic carbocycles. The lowest BCUT2D eigenvalue weighted by atomic mass is 10.0. The molecule has 1 rings (SSSR count). The third kappa shape index (κ3) is 4.02. The van der Waals surface area contributed by atoms with E-state index in [0.717, 1.165) is 5.56 Å². The van der Waals surface area contributed by atoms with E-state index in [2.05, 4.69) is 0 Å². The van der Waals surface area contributed by atoms with E-state index in [-0.39, 0.29) is 12.0 Å². The van der Waals surface area contributed by atoms with Crippen molar-refractivity contribution in [1.82, 2.24) is 4.90 Å². The highest BCUT2D eigenvalue weighted by molar-refractivity contribution is 6.31. The predicted octanol–water partition coefficient (Wildman–Crippen LogP) is 2.90. The van der Waals surface area contributed by atoms with Crippen molar-refractivity contribution in [2.45, 2.75) is 19.4 Å². The Morgan fingerprint density at radius 1 is 1.41 bits per heavy atom. The molecule has 0 heterocycles. The largest absolute Gasteiger partial charge is 0.466 e. The molecule has 0 aromatic heterocycles. The highest BCUT2D eigenvalue weighted by atomic mass is 35.5. The maximum atomic E-state index is 11.6. The average Bonchev–Trinajstić information content (AvgIpc) is 2.27. The number of esters is 1. The molecule has 4 heteroatoms. The van der Waals surface area contributed by atoms with Crippen molar-refractivity contribution < 1.29 is 9.53 Å². The summed E-state index contributed by atoms with van der Waals surface area (Å²) in [5.74, 6) is -0.203. The van der Waals surface area contributed by atoms with Crippen molar-refractivity contribution in [1.29, 1.82) is 0 Å². The zero-order valence-electron chi connectivity index (χ0n) is 10.4. The molecule has 3 nitrogen and oxygen atoms in total. The standard InChI is InChI=1S/C13H18ClNO2/c1-4-17-13(16)9-12(15(2)3)10-7-5-6-8-11(10)14/h5-8,12H,4,9H2,1-3H3. The molecular formula is C13H18ClNO2. The summed E-state index contributed by atoms with van der Waals surface area (Å²) >= 11 is 6.14. The number of hydrogen-bond donors (Lipinski definition) is 0. The molecule has 0 aliphatic rings. The zero-order valence-corrected chi connectivity index (χ0v) is 11.2. The van der Waals surface area contributed by atoms with Crippen LogP contribution in [0.5, 0.6) is 0 Å². The normalized spacial score (nSPS) is 12.5. The first kappa shape index (κ1) is 14.0. The lowest BCUT2D eigenvalue weighted by Crippen LogP contribution is -2.24. The molecule has 94 valence electrons. The van der Waals surface area contributed by atoms with Gasteiger partial charge in [0, 0.05) is 11.1 Å². The maximum absolute atomic E-state index is 11.6. The highest BCUT2D eigenvalue weighted by Crippen LogP contribution is 2.28. The molecule has 1 aromatic carbocycles. The van der Waals surface area contributed by atoms with Crippen molar-refractivity contribution in [3.05, 3.63) is 34.9 Å². The minimum Gasteiger partial charge on any atom is -0.466 e. The summed E-state index contributed by atoms with van der Waals surface area (Å²) in [6.07, 6.45) is 0.310. The molecular weight excluding hydrogens is 238 g/mol. The van der Waals surface area contributed by atoms with Gasteiger partial charge in [-0.3, -0.25) is 4.79 Å². The smallest absolute Gasteiger partial charge is 0.307 e. The molecule has 0 radical (unpaired) electrons. The first-order valence-electron chi connectivity index (χ1n) is 5.62. The number of nitrogens with zero attached hydrogens (tertiary/aromatic N) is 1. The molecule has 0 saturated carbocycles. The lowest BCUT2D eigenvalue weighted by molar-refractivity contribution is -0.144. The van der Waals surface area contributed by atoms with E-state index >= 15 is 0 Å². The van der Waals surface area contributed by atoms with Crippen molar-refractivity contribution in [3.63, 3.8) is 0 Å². The molecule has 0 amide bonds. The number of carbonyl (C=O) groups excluding carboxylic acids is 1. The van der Waals surface area contributed by atoms with Crippen LogP contribution in [0.3, 0.4) is 0 Å². The summed E-state index contributed by atoms with van der Waals surface area (Å²) in [4.78, 5) is 13.5. The molecule has 0 saturated heterocycles. The summed E-state index contributed by atoms with van der Waals surface area (Å²) < 4.78 is 4.98. The minimum atomic E-state index is -0.203. The number of carbonyl (C=O) groups is 1. The SMILES string of the molecule is CCOC(=O)CC(c1ccccc1Cl)N(C)C. The Morgan fingerprint density at radius 2 is 2.06 bits per heavy atom. The molecule has 0 aliphatic heterocycles. The number of ether oxygens (including phenoxy) is 1. The average molecular weight is 256 g/mol. The fourth-order valence-electron chi connectivity index (χ4n) is 1.69. The molecule has 1 unspecified atom stereocenters. The number of benzene rings is 1. The van der Waals surface area contributed by atoms with Gasteiger partial charge in [-0.2, -0.15) is 0 Å². The van der Waals surface area contributed by atoms with E-state index in [0.29, 0.717) is 18.1 Å². The first-order valence-corrected chi connectivity index (χ1v) is 6.00. The molecule has 1 atom stereocenters. The Kier molecular flexibility index (Phi) is 5.45. The Balaban J connectivity index is 2.87. The van der Waals surface area contributed by atoms with Crippen molar-refractivity contribution in [2.75, 3.05) is 20.7 Å². The number of rotatable bonds is 5. The summed E-state index contributed by atoms with van der Waals surface area (Å²) in [5.41, 5.74) is 0.951. The molecule has 17 heavy (non-hydrogen) atoms. The molecule has 0 bridgehead atoms. The van der Waals surface area contributed by atoms with Crippen LogP contribution < -0.4 is 0 Å². The van der Waals surface area contributed by atoms with Crippen LogP contribution in [0.4, 0.5) is 0 Å². The van der Waals surface area contributed by atoms with Gasteiger partial charge in [-0.15, -0.1) is 0 Å². The van der Waals surface area contributed by atoms with E-state index in [1.165, 1.54) is 0 Å². The van der Waals surface area contributed by atoms with Gasteiger partial charge in [-0.05, 0) is 32.6 Å². The second-order valence-electron chi connectivity index (χ2n) is 4.01. The van der Waals surface area contributed by atoms with Gasteiger partial charge in [0.25, 0.3) is 0 Å². The Hall–Kier alpha value is -1.06. The minimum absolute atomic E-state index is 0.0530. The van der Waals surface area contributed by atoms with E-state index in [9.17, 15) is 4.79 Å². The van der Waals surface area contributed by atoms with Gasteiger partial charge < -0.3 is 9.64 Å². The van der Waals surface area contributed by atoms with Gasteiger partial charge in [0.05, 0.1) is 13.0 Å². The van der Waals surface area contributed by atoms with Crippen LogP contribution >= 0.6 is 11.6 Å². The van der Waals surface area contributed by atoms with Crippen molar-refractivity contribution in [2.24, 2.45) is 0 Å². The van der Waals surface area contributed by atoms with Crippen LogP contribution in [0.15, 0.2) is 24.3 Å².